The van der Waals surface area contributed by atoms with Crippen molar-refractivity contribution in [2.24, 2.45) is 0 Å². The molecule has 33 heavy (non-hydrogen) atoms. The molecule has 0 fully saturated rings. The highest BCUT2D eigenvalue weighted by atomic mass is 16.5. The second-order valence-corrected chi connectivity index (χ2v) is 7.61. The second kappa shape index (κ2) is 8.71. The van der Waals surface area contributed by atoms with Crippen LogP contribution in [0.2, 0.25) is 0 Å². The van der Waals surface area contributed by atoms with Crippen LogP contribution in [0.15, 0.2) is 67.3 Å². The minimum absolute atomic E-state index is 0.215. The van der Waals surface area contributed by atoms with E-state index < -0.39 is 0 Å². The first-order chi connectivity index (χ1) is 16.1. The third-order valence-electron chi connectivity index (χ3n) is 5.33. The van der Waals surface area contributed by atoms with E-state index in [1.54, 1.807) is 19.6 Å². The van der Waals surface area contributed by atoms with Gasteiger partial charge >= 0.3 is 0 Å². The van der Waals surface area contributed by atoms with Gasteiger partial charge in [-0.2, -0.15) is 10.1 Å². The summed E-state index contributed by atoms with van der Waals surface area (Å²) in [7, 11) is 1.63. The molecule has 3 heterocycles. The van der Waals surface area contributed by atoms with Crippen LogP contribution in [0.3, 0.4) is 0 Å². The van der Waals surface area contributed by atoms with Crippen molar-refractivity contribution in [2.75, 3.05) is 12.4 Å². The van der Waals surface area contributed by atoms with Crippen LogP contribution in [0.25, 0.3) is 16.7 Å². The molecule has 0 radical (unpaired) electrons. The number of imidazole rings is 1. The summed E-state index contributed by atoms with van der Waals surface area (Å²) in [6.07, 6.45) is 5.38. The Morgan fingerprint density at radius 2 is 1.94 bits per heavy atom. The van der Waals surface area contributed by atoms with Gasteiger partial charge in [-0.3, -0.25) is 0 Å². The van der Waals surface area contributed by atoms with E-state index in [4.69, 9.17) is 4.74 Å². The van der Waals surface area contributed by atoms with Crippen molar-refractivity contribution in [2.45, 2.75) is 20.1 Å². The molecule has 2 aromatic carbocycles. The molecule has 0 unspecified atom stereocenters. The van der Waals surface area contributed by atoms with Gasteiger partial charge in [0.25, 0.3) is 0 Å². The summed E-state index contributed by atoms with van der Waals surface area (Å²) >= 11 is 0. The fourth-order valence-electron chi connectivity index (χ4n) is 3.71. The summed E-state index contributed by atoms with van der Waals surface area (Å²) in [4.78, 5) is 13.5. The molecule has 9 nitrogen and oxygen atoms in total. The van der Waals surface area contributed by atoms with Gasteiger partial charge in [0, 0.05) is 18.0 Å². The predicted octanol–water partition coefficient (Wildman–Crippen LogP) is 3.61. The quantitative estimate of drug-likeness (QED) is 0.398. The Bertz CT molecular complexity index is 1410. The normalized spacial score (nSPS) is 11.1. The highest BCUT2D eigenvalue weighted by molar-refractivity contribution is 5.79. The maximum absolute atomic E-state index is 9.89. The van der Waals surface area contributed by atoms with Gasteiger partial charge in [-0.25, -0.2) is 14.6 Å². The summed E-state index contributed by atoms with van der Waals surface area (Å²) in [6, 6.07) is 15.8. The van der Waals surface area contributed by atoms with Crippen LogP contribution in [0.1, 0.15) is 17.0 Å². The van der Waals surface area contributed by atoms with E-state index in [0.717, 1.165) is 28.0 Å². The molecule has 0 atom stereocenters. The number of methoxy groups -OCH3 is 1. The number of aromatic nitrogens is 6. The molecule has 0 aliphatic rings. The van der Waals surface area contributed by atoms with Gasteiger partial charge in [0.15, 0.2) is 5.65 Å². The van der Waals surface area contributed by atoms with Crippen LogP contribution in [-0.4, -0.2) is 41.5 Å². The molecule has 0 saturated carbocycles. The van der Waals surface area contributed by atoms with E-state index in [-0.39, 0.29) is 6.61 Å². The lowest BCUT2D eigenvalue weighted by Crippen LogP contribution is -2.06. The lowest BCUT2D eigenvalue weighted by Gasteiger charge is -2.13. The van der Waals surface area contributed by atoms with Gasteiger partial charge < -0.3 is 19.7 Å². The summed E-state index contributed by atoms with van der Waals surface area (Å²) in [6.45, 7) is 2.29. The number of rotatable bonds is 7. The monoisotopic (exact) mass is 441 g/mol. The Balaban J connectivity index is 1.49. The first-order valence-corrected chi connectivity index (χ1v) is 10.5. The van der Waals surface area contributed by atoms with E-state index in [2.05, 4.69) is 25.4 Å². The van der Waals surface area contributed by atoms with Crippen LogP contribution < -0.4 is 10.1 Å². The van der Waals surface area contributed by atoms with Gasteiger partial charge in [-0.1, -0.05) is 30.3 Å². The summed E-state index contributed by atoms with van der Waals surface area (Å²) in [5, 5.41) is 18.3. The third kappa shape index (κ3) is 4.13. The van der Waals surface area contributed by atoms with E-state index >= 15 is 0 Å². The number of aryl methyl sites for hydroxylation is 1. The van der Waals surface area contributed by atoms with Crippen molar-refractivity contribution in [3.05, 3.63) is 84.2 Å². The molecule has 5 aromatic rings. The fraction of sp³-hybridized carbons (Fsp3) is 0.167. The number of hydrogen-bond donors (Lipinski definition) is 2. The average Bonchev–Trinajstić information content (AvgIpc) is 3.45. The first-order valence-electron chi connectivity index (χ1n) is 10.5. The number of aliphatic hydroxyl groups excluding tert-OH is 1. The zero-order chi connectivity index (χ0) is 22.8. The lowest BCUT2D eigenvalue weighted by atomic mass is 10.2. The molecule has 2 N–H and O–H groups in total. The van der Waals surface area contributed by atoms with Crippen molar-refractivity contribution in [3.8, 4) is 11.4 Å². The SMILES string of the molecule is COc1cc(Nc2nc(CO)c3cnn(Cc4ccccc4)c3n2)ccc1-n1cnc(C)c1. The van der Waals surface area contributed by atoms with Gasteiger partial charge in [-0.05, 0) is 24.6 Å². The van der Waals surface area contributed by atoms with Crippen molar-refractivity contribution < 1.29 is 9.84 Å². The molecule has 0 spiro atoms. The molecule has 0 aliphatic heterocycles. The van der Waals surface area contributed by atoms with Crippen molar-refractivity contribution in [1.29, 1.82) is 0 Å². The van der Waals surface area contributed by atoms with Gasteiger partial charge in [0.1, 0.15) is 5.75 Å². The highest BCUT2D eigenvalue weighted by Gasteiger charge is 2.14. The molecular weight excluding hydrogens is 418 g/mol. The second-order valence-electron chi connectivity index (χ2n) is 7.61. The third-order valence-corrected chi connectivity index (χ3v) is 5.33. The molecule has 166 valence electrons. The number of hydrogen-bond acceptors (Lipinski definition) is 7. The van der Waals surface area contributed by atoms with E-state index in [9.17, 15) is 5.11 Å². The maximum Gasteiger partial charge on any atom is 0.229 e. The Hall–Kier alpha value is -4.24. The number of aliphatic hydroxyl groups is 1. The van der Waals surface area contributed by atoms with E-state index in [1.807, 2.05) is 70.9 Å². The highest BCUT2D eigenvalue weighted by Crippen LogP contribution is 2.28. The van der Waals surface area contributed by atoms with Gasteiger partial charge in [-0.15, -0.1) is 0 Å². The number of nitrogens with zero attached hydrogens (tertiary/aromatic N) is 6. The molecule has 3 aromatic heterocycles. The van der Waals surface area contributed by atoms with Crippen molar-refractivity contribution in [3.63, 3.8) is 0 Å². The van der Waals surface area contributed by atoms with Crippen molar-refractivity contribution in [1.82, 2.24) is 29.3 Å². The predicted molar refractivity (Wildman–Crippen MR) is 125 cm³/mol. The van der Waals surface area contributed by atoms with Crippen LogP contribution in [0.4, 0.5) is 11.6 Å². The summed E-state index contributed by atoms with van der Waals surface area (Å²) in [5.74, 6) is 1.05. The Morgan fingerprint density at radius 3 is 2.67 bits per heavy atom. The Morgan fingerprint density at radius 1 is 1.09 bits per heavy atom. The first kappa shape index (κ1) is 20.7. The molecule has 0 amide bonds. The average molecular weight is 441 g/mol. The van der Waals surface area contributed by atoms with Crippen LogP contribution in [-0.2, 0) is 13.2 Å². The zero-order valence-corrected chi connectivity index (χ0v) is 18.3. The molecule has 0 saturated heterocycles. The molecule has 5 rings (SSSR count). The van der Waals surface area contributed by atoms with Crippen molar-refractivity contribution >= 4 is 22.7 Å². The number of benzene rings is 2. The summed E-state index contributed by atoms with van der Waals surface area (Å²) in [5.41, 5.74) is 4.82. The van der Waals surface area contributed by atoms with Gasteiger partial charge in [0.05, 0.1) is 55.2 Å². The number of nitrogens with one attached hydrogen (secondary N) is 1. The standard InChI is InChI=1S/C24H23N7O2/c1-16-12-30(15-25-16)21-9-8-18(10-22(21)33-2)27-24-28-20(14-32)19-11-26-31(23(19)29-24)13-17-6-4-3-5-7-17/h3-12,15,32H,13-14H2,1-2H3,(H,27,28,29). The van der Waals surface area contributed by atoms with Crippen LogP contribution in [0, 0.1) is 6.92 Å². The lowest BCUT2D eigenvalue weighted by molar-refractivity contribution is 0.278. The minimum atomic E-state index is -0.215. The van der Waals surface area contributed by atoms with E-state index in [0.29, 0.717) is 29.6 Å². The van der Waals surface area contributed by atoms with Gasteiger partial charge in [0.2, 0.25) is 5.95 Å². The zero-order valence-electron chi connectivity index (χ0n) is 18.3. The Labute approximate surface area is 190 Å². The molecule has 0 bridgehead atoms. The smallest absolute Gasteiger partial charge is 0.229 e. The Kier molecular flexibility index (Phi) is 5.45. The minimum Gasteiger partial charge on any atom is -0.494 e. The number of fused-ring (bicyclic) bond motifs is 1. The van der Waals surface area contributed by atoms with Crippen LogP contribution in [0.5, 0.6) is 5.75 Å². The molecule has 0 aliphatic carbocycles. The molecule has 9 heteroatoms. The molecular formula is C24H23N7O2. The fourth-order valence-corrected chi connectivity index (χ4v) is 3.71. The number of ether oxygens (including phenoxy) is 1. The van der Waals surface area contributed by atoms with E-state index in [1.165, 1.54) is 0 Å². The summed E-state index contributed by atoms with van der Waals surface area (Å²) < 4.78 is 9.31. The topological polar surface area (TPSA) is 103 Å². The van der Waals surface area contributed by atoms with Crippen LogP contribution >= 0.6 is 0 Å². The number of anilines is 2. The maximum atomic E-state index is 9.89. The largest absolute Gasteiger partial charge is 0.494 e.